The van der Waals surface area contributed by atoms with Gasteiger partial charge in [-0.05, 0) is 110 Å². The molecule has 330 valence electrons. The lowest BCUT2D eigenvalue weighted by Crippen LogP contribution is -2.60. The quantitative estimate of drug-likeness (QED) is 0.0628. The number of unbranched alkanes of at least 4 members (excludes halogenated alkanes) is 3. The number of aryl methyl sites for hydroxylation is 1. The molecule has 5 amide bonds. The van der Waals surface area contributed by atoms with Crippen LogP contribution in [0.15, 0.2) is 91.1 Å². The molecule has 0 radical (unpaired) electrons. The van der Waals surface area contributed by atoms with Crippen molar-refractivity contribution in [2.75, 3.05) is 10.6 Å². The zero-order valence-corrected chi connectivity index (χ0v) is 36.7. The number of piperidine rings is 1. The van der Waals surface area contributed by atoms with Crippen molar-refractivity contribution in [3.05, 3.63) is 140 Å². The molecule has 2 spiro atoms. The minimum atomic E-state index is -1.36. The molecule has 0 bridgehead atoms. The van der Waals surface area contributed by atoms with Crippen LogP contribution in [0.1, 0.15) is 131 Å². The summed E-state index contributed by atoms with van der Waals surface area (Å²) in [4.78, 5) is 82.9. The third-order valence-electron chi connectivity index (χ3n) is 14.0. The Kier molecular flexibility index (Phi) is 11.8. The van der Waals surface area contributed by atoms with Crippen molar-refractivity contribution in [3.63, 3.8) is 0 Å². The topological polar surface area (TPSA) is 154 Å². The third-order valence-corrected chi connectivity index (χ3v) is 14.6. The summed E-state index contributed by atoms with van der Waals surface area (Å²) in [6, 6.07) is 20.0. The highest BCUT2D eigenvalue weighted by Gasteiger charge is 2.72. The van der Waals surface area contributed by atoms with E-state index in [1.165, 1.54) is 6.07 Å². The second-order valence-corrected chi connectivity index (χ2v) is 18.6. The summed E-state index contributed by atoms with van der Waals surface area (Å²) in [6.07, 6.45) is 8.52. The van der Waals surface area contributed by atoms with E-state index >= 15 is 4.39 Å². The molecular weight excluding hydrogens is 856 g/mol. The molecule has 11 nitrogen and oxygen atoms in total. The minimum Gasteiger partial charge on any atom is -0.329 e. The van der Waals surface area contributed by atoms with Gasteiger partial charge in [-0.1, -0.05) is 92.2 Å². The molecule has 64 heavy (non-hydrogen) atoms. The summed E-state index contributed by atoms with van der Waals surface area (Å²) in [5.41, 5.74) is 2.11. The van der Waals surface area contributed by atoms with Crippen molar-refractivity contribution in [1.29, 1.82) is 0 Å². The van der Waals surface area contributed by atoms with E-state index in [0.717, 1.165) is 49.0 Å². The highest BCUT2D eigenvalue weighted by atomic mass is 35.5. The third kappa shape index (κ3) is 7.33. The molecule has 2 saturated heterocycles. The molecule has 0 aromatic heterocycles. The molecule has 14 heteroatoms. The zero-order chi connectivity index (χ0) is 44.9. The number of hydrogen-bond donors (Lipinski definition) is 4. The van der Waals surface area contributed by atoms with Gasteiger partial charge in [-0.3, -0.25) is 39.0 Å². The summed E-state index contributed by atoms with van der Waals surface area (Å²) >= 11 is 12.8. The number of benzene rings is 4. The standard InChI is InChI=1S/C50H48Cl2FN5O6/c1-28-17-24-38(44(60)54-28)58-46(62)33-13-9-12-30(40(33)47(58)63)11-5-2-3-6-16-39(59)29-18-21-32(22-19-29)55-45(61)43-41(34-14-10-15-36(52)42(34)53)50(49(57-43)25-7-4-8-26-49)35-23-20-31(51)27-37(35)56-48(50)64/h9-10,12-15,18-23,27,38,41,43,57H,1-8,11,16-17,24-26H2,(H,54,60)(H,55,61)(H,56,64)/t38?,41-,43+,50+/m0/s1. The second kappa shape index (κ2) is 17.4. The molecule has 4 aliphatic heterocycles. The van der Waals surface area contributed by atoms with Crippen molar-refractivity contribution in [3.8, 4) is 0 Å². The molecule has 4 atom stereocenters. The van der Waals surface area contributed by atoms with E-state index in [1.54, 1.807) is 60.7 Å². The Morgan fingerprint density at radius 2 is 1.61 bits per heavy atom. The molecule has 1 saturated carbocycles. The number of carbonyl (C=O) groups is 6. The molecular formula is C50H48Cl2FN5O6. The average Bonchev–Trinajstić information content (AvgIpc) is 3.84. The first-order valence-electron chi connectivity index (χ1n) is 22.1. The normalized spacial score (nSPS) is 23.3. The van der Waals surface area contributed by atoms with E-state index < -0.39 is 58.4 Å². The minimum absolute atomic E-state index is 0.0422. The summed E-state index contributed by atoms with van der Waals surface area (Å²) in [5.74, 6) is -3.76. The predicted octanol–water partition coefficient (Wildman–Crippen LogP) is 9.18. The van der Waals surface area contributed by atoms with Crippen molar-refractivity contribution >= 4 is 69.9 Å². The van der Waals surface area contributed by atoms with Crippen LogP contribution in [0.2, 0.25) is 10.0 Å². The van der Waals surface area contributed by atoms with Gasteiger partial charge >= 0.3 is 0 Å². The number of halogens is 3. The van der Waals surface area contributed by atoms with Crippen LogP contribution >= 0.6 is 23.2 Å². The predicted molar refractivity (Wildman–Crippen MR) is 242 cm³/mol. The van der Waals surface area contributed by atoms with Crippen LogP contribution in [0.5, 0.6) is 0 Å². The number of ketones is 1. The van der Waals surface area contributed by atoms with Crippen LogP contribution in [0, 0.1) is 5.82 Å². The number of amides is 5. The summed E-state index contributed by atoms with van der Waals surface area (Å²) < 4.78 is 16.3. The van der Waals surface area contributed by atoms with Crippen molar-refractivity contribution in [2.45, 2.75) is 112 Å². The van der Waals surface area contributed by atoms with E-state index in [-0.39, 0.29) is 22.3 Å². The highest BCUT2D eigenvalue weighted by Crippen LogP contribution is 2.63. The van der Waals surface area contributed by atoms with Gasteiger partial charge in [0.05, 0.1) is 22.2 Å². The Labute approximate surface area is 380 Å². The Morgan fingerprint density at radius 1 is 0.859 bits per heavy atom. The fourth-order valence-electron chi connectivity index (χ4n) is 11.1. The van der Waals surface area contributed by atoms with Gasteiger partial charge in [0.2, 0.25) is 17.7 Å². The molecule has 3 fully saturated rings. The Balaban J connectivity index is 0.841. The van der Waals surface area contributed by atoms with E-state index in [4.69, 9.17) is 23.2 Å². The van der Waals surface area contributed by atoms with Crippen molar-refractivity contribution < 1.29 is 33.2 Å². The molecule has 1 unspecified atom stereocenters. The van der Waals surface area contributed by atoms with Crippen LogP contribution in [-0.2, 0) is 26.2 Å². The number of fused-ring (bicyclic) bond motifs is 4. The first-order valence-corrected chi connectivity index (χ1v) is 22.9. The van der Waals surface area contributed by atoms with Gasteiger partial charge in [0.15, 0.2) is 5.78 Å². The monoisotopic (exact) mass is 903 g/mol. The number of Topliss-reactive ketones (excluding diaryl/α,β-unsaturated/α-hetero) is 1. The number of nitrogens with one attached hydrogen (secondary N) is 4. The van der Waals surface area contributed by atoms with Gasteiger partial charge < -0.3 is 16.0 Å². The summed E-state index contributed by atoms with van der Waals surface area (Å²) in [5, 5.41) is 12.7. The maximum atomic E-state index is 16.3. The molecule has 4 N–H and O–H groups in total. The number of allylic oxidation sites excluding steroid dienone is 1. The van der Waals surface area contributed by atoms with Crippen LogP contribution < -0.4 is 21.3 Å². The number of imide groups is 1. The average molecular weight is 905 g/mol. The molecule has 4 aromatic carbocycles. The number of anilines is 2. The lowest BCUT2D eigenvalue weighted by Gasteiger charge is -2.47. The SMILES string of the molecule is C=C1CCC(N2C(=O)c3cccc(CCCCCCC(=O)c4ccc(NC(=O)[C@@H]5NC6(CCCCC6)[C@@]6(C(=O)Nc7cc(Cl)ccc76)[C@H]5c5cccc(Cl)c5F)cc4)c3C2=O)C(=O)N1. The first kappa shape index (κ1) is 43.6. The molecule has 1 aliphatic carbocycles. The second-order valence-electron chi connectivity index (χ2n) is 17.7. The summed E-state index contributed by atoms with van der Waals surface area (Å²) in [6.45, 7) is 3.79. The van der Waals surface area contributed by atoms with Crippen molar-refractivity contribution in [2.24, 2.45) is 0 Å². The Hall–Kier alpha value is -5.69. The van der Waals surface area contributed by atoms with Gasteiger partial charge in [0.1, 0.15) is 17.3 Å². The van der Waals surface area contributed by atoms with E-state index in [2.05, 4.69) is 27.8 Å². The highest BCUT2D eigenvalue weighted by molar-refractivity contribution is 6.31. The Bertz CT molecular complexity index is 2630. The smallest absolute Gasteiger partial charge is 0.262 e. The molecule has 4 heterocycles. The van der Waals surface area contributed by atoms with Gasteiger partial charge in [-0.15, -0.1) is 0 Å². The molecule has 4 aromatic rings. The van der Waals surface area contributed by atoms with Crippen LogP contribution in [-0.4, -0.2) is 57.8 Å². The van der Waals surface area contributed by atoms with E-state index in [0.29, 0.717) is 89.3 Å². The fraction of sp³-hybridized carbons (Fsp3) is 0.360. The van der Waals surface area contributed by atoms with Gasteiger partial charge in [0.25, 0.3) is 11.8 Å². The van der Waals surface area contributed by atoms with Crippen molar-refractivity contribution in [1.82, 2.24) is 15.5 Å². The lowest BCUT2D eigenvalue weighted by molar-refractivity contribution is -0.125. The van der Waals surface area contributed by atoms with Gasteiger partial charge in [-0.2, -0.15) is 0 Å². The number of nitrogens with zero attached hydrogens (tertiary/aromatic N) is 1. The van der Waals surface area contributed by atoms with E-state index in [9.17, 15) is 28.8 Å². The zero-order valence-electron chi connectivity index (χ0n) is 35.2. The maximum Gasteiger partial charge on any atom is 0.262 e. The van der Waals surface area contributed by atoms with Crippen LogP contribution in [0.4, 0.5) is 15.8 Å². The Morgan fingerprint density at radius 3 is 2.38 bits per heavy atom. The molecule has 9 rings (SSSR count). The van der Waals surface area contributed by atoms with Crippen LogP contribution in [0.25, 0.3) is 0 Å². The maximum absolute atomic E-state index is 16.3. The lowest BCUT2D eigenvalue weighted by atomic mass is 9.55. The van der Waals surface area contributed by atoms with Gasteiger partial charge in [-0.25, -0.2) is 4.39 Å². The van der Waals surface area contributed by atoms with Crippen LogP contribution in [0.3, 0.4) is 0 Å². The summed E-state index contributed by atoms with van der Waals surface area (Å²) in [7, 11) is 0. The number of carbonyl (C=O) groups excluding carboxylic acids is 6. The largest absolute Gasteiger partial charge is 0.329 e. The fourth-order valence-corrected chi connectivity index (χ4v) is 11.5. The van der Waals surface area contributed by atoms with Gasteiger partial charge in [0, 0.05) is 45.5 Å². The number of rotatable bonds is 12. The first-order chi connectivity index (χ1) is 30.8. The molecule has 5 aliphatic rings. The number of hydrogen-bond acceptors (Lipinski definition) is 7. The van der Waals surface area contributed by atoms with E-state index in [1.807, 2.05) is 12.1 Å².